The van der Waals surface area contributed by atoms with E-state index < -0.39 is 5.60 Å². The smallest absolute Gasteiger partial charge is 0.258 e. The Bertz CT molecular complexity index is 472. The van der Waals surface area contributed by atoms with Gasteiger partial charge in [-0.25, -0.2) is 0 Å². The second-order valence-electron chi connectivity index (χ2n) is 5.35. The van der Waals surface area contributed by atoms with Gasteiger partial charge in [0.2, 0.25) is 0 Å². The van der Waals surface area contributed by atoms with Gasteiger partial charge in [0, 0.05) is 6.54 Å². The Morgan fingerprint density at radius 1 is 1.35 bits per heavy atom. The summed E-state index contributed by atoms with van der Waals surface area (Å²) in [6.07, 6.45) is 2.03. The van der Waals surface area contributed by atoms with Gasteiger partial charge in [-0.3, -0.25) is 4.79 Å². The van der Waals surface area contributed by atoms with Crippen LogP contribution in [0.15, 0.2) is 18.2 Å². The standard InChI is InChI=1S/C15H21NO4/c1-15(18,10-7-8-10)9-16-14(17)13-11(19-2)5-4-6-12(13)20-3/h4-6,10,18H,7-9H2,1-3H3,(H,16,17). The van der Waals surface area contributed by atoms with Crippen LogP contribution in [-0.2, 0) is 0 Å². The zero-order chi connectivity index (χ0) is 14.8. The molecule has 1 saturated carbocycles. The first kappa shape index (κ1) is 14.7. The predicted octanol–water partition coefficient (Wildman–Crippen LogP) is 1.59. The van der Waals surface area contributed by atoms with E-state index in [2.05, 4.69) is 5.32 Å². The molecule has 1 fully saturated rings. The second kappa shape index (κ2) is 5.71. The summed E-state index contributed by atoms with van der Waals surface area (Å²) in [6.45, 7) is 1.97. The van der Waals surface area contributed by atoms with Gasteiger partial charge in [0.15, 0.2) is 0 Å². The molecule has 2 N–H and O–H groups in total. The number of hydrogen-bond acceptors (Lipinski definition) is 4. The quantitative estimate of drug-likeness (QED) is 0.830. The Hall–Kier alpha value is -1.75. The molecule has 5 nitrogen and oxygen atoms in total. The fourth-order valence-electron chi connectivity index (χ4n) is 2.27. The minimum Gasteiger partial charge on any atom is -0.496 e. The summed E-state index contributed by atoms with van der Waals surface area (Å²) in [5.74, 6) is 0.878. The van der Waals surface area contributed by atoms with Gasteiger partial charge in [0.05, 0.1) is 19.8 Å². The first-order chi connectivity index (χ1) is 9.49. The van der Waals surface area contributed by atoms with E-state index in [9.17, 15) is 9.90 Å². The third-order valence-corrected chi connectivity index (χ3v) is 3.72. The lowest BCUT2D eigenvalue weighted by Crippen LogP contribution is -2.42. The fraction of sp³-hybridized carbons (Fsp3) is 0.533. The van der Waals surface area contributed by atoms with Gasteiger partial charge in [0.25, 0.3) is 5.91 Å². The summed E-state index contributed by atoms with van der Waals surface area (Å²) in [4.78, 5) is 12.3. The van der Waals surface area contributed by atoms with E-state index in [4.69, 9.17) is 9.47 Å². The highest BCUT2D eigenvalue weighted by Crippen LogP contribution is 2.39. The Kier molecular flexibility index (Phi) is 4.18. The van der Waals surface area contributed by atoms with Crippen LogP contribution < -0.4 is 14.8 Å². The van der Waals surface area contributed by atoms with Crippen molar-refractivity contribution in [2.24, 2.45) is 5.92 Å². The van der Waals surface area contributed by atoms with Crippen LogP contribution in [0.3, 0.4) is 0 Å². The highest BCUT2D eigenvalue weighted by atomic mass is 16.5. The van der Waals surface area contributed by atoms with Crippen LogP contribution in [0.2, 0.25) is 0 Å². The van der Waals surface area contributed by atoms with Crippen molar-refractivity contribution < 1.29 is 19.4 Å². The van der Waals surface area contributed by atoms with Crippen molar-refractivity contribution in [1.29, 1.82) is 0 Å². The van der Waals surface area contributed by atoms with Crippen molar-refractivity contribution in [3.05, 3.63) is 23.8 Å². The molecule has 1 aliphatic carbocycles. The van der Waals surface area contributed by atoms with Crippen molar-refractivity contribution in [2.75, 3.05) is 20.8 Å². The molecule has 20 heavy (non-hydrogen) atoms. The van der Waals surface area contributed by atoms with Crippen LogP contribution >= 0.6 is 0 Å². The van der Waals surface area contributed by atoms with Crippen LogP contribution in [0.25, 0.3) is 0 Å². The summed E-state index contributed by atoms with van der Waals surface area (Å²) in [6, 6.07) is 5.17. The molecule has 1 aromatic carbocycles. The zero-order valence-electron chi connectivity index (χ0n) is 12.1. The predicted molar refractivity (Wildman–Crippen MR) is 75.2 cm³/mol. The summed E-state index contributed by atoms with van der Waals surface area (Å²) >= 11 is 0. The molecule has 2 rings (SSSR count). The number of methoxy groups -OCH3 is 2. The van der Waals surface area contributed by atoms with E-state index in [1.807, 2.05) is 0 Å². The van der Waals surface area contributed by atoms with Gasteiger partial charge in [-0.1, -0.05) is 6.07 Å². The molecule has 1 aromatic rings. The van der Waals surface area contributed by atoms with Crippen molar-refractivity contribution in [2.45, 2.75) is 25.4 Å². The lowest BCUT2D eigenvalue weighted by atomic mass is 10.0. The third-order valence-electron chi connectivity index (χ3n) is 3.72. The minimum atomic E-state index is -0.856. The summed E-state index contributed by atoms with van der Waals surface area (Å²) < 4.78 is 10.4. The molecular weight excluding hydrogens is 258 g/mol. The van der Waals surface area contributed by atoms with Crippen LogP contribution in [0, 0.1) is 5.92 Å². The third kappa shape index (κ3) is 3.04. The molecule has 0 bridgehead atoms. The van der Waals surface area contributed by atoms with Crippen molar-refractivity contribution in [3.63, 3.8) is 0 Å². The maximum absolute atomic E-state index is 12.3. The fourth-order valence-corrected chi connectivity index (χ4v) is 2.27. The number of ether oxygens (including phenoxy) is 2. The van der Waals surface area contributed by atoms with Crippen molar-refractivity contribution in [1.82, 2.24) is 5.32 Å². The first-order valence-corrected chi connectivity index (χ1v) is 6.71. The number of rotatable bonds is 6. The Labute approximate surface area is 118 Å². The maximum atomic E-state index is 12.3. The highest BCUT2D eigenvalue weighted by molar-refractivity contribution is 5.99. The van der Waals surface area contributed by atoms with Gasteiger partial charge in [-0.15, -0.1) is 0 Å². The van der Waals surface area contributed by atoms with Gasteiger partial charge < -0.3 is 19.9 Å². The molecule has 0 spiro atoms. The number of benzene rings is 1. The highest BCUT2D eigenvalue weighted by Gasteiger charge is 2.40. The monoisotopic (exact) mass is 279 g/mol. The van der Waals surface area contributed by atoms with Gasteiger partial charge in [0.1, 0.15) is 17.1 Å². The Balaban J connectivity index is 2.12. The first-order valence-electron chi connectivity index (χ1n) is 6.71. The topological polar surface area (TPSA) is 67.8 Å². The molecule has 0 saturated heterocycles. The van der Waals surface area contributed by atoms with Crippen molar-refractivity contribution in [3.8, 4) is 11.5 Å². The van der Waals surface area contributed by atoms with Crippen LogP contribution in [-0.4, -0.2) is 37.4 Å². The van der Waals surface area contributed by atoms with Crippen molar-refractivity contribution >= 4 is 5.91 Å². The summed E-state index contributed by atoms with van der Waals surface area (Å²) in [5, 5.41) is 13.0. The zero-order valence-corrected chi connectivity index (χ0v) is 12.1. The molecule has 110 valence electrons. The molecule has 0 heterocycles. The van der Waals surface area contributed by atoms with Gasteiger partial charge >= 0.3 is 0 Å². The second-order valence-corrected chi connectivity index (χ2v) is 5.35. The number of amides is 1. The molecule has 1 atom stereocenters. The molecule has 1 amide bonds. The average molecular weight is 279 g/mol. The minimum absolute atomic E-state index is 0.220. The van der Waals surface area contributed by atoms with E-state index >= 15 is 0 Å². The van der Waals surface area contributed by atoms with Gasteiger partial charge in [-0.2, -0.15) is 0 Å². The number of carbonyl (C=O) groups is 1. The van der Waals surface area contributed by atoms with E-state index in [1.165, 1.54) is 14.2 Å². The maximum Gasteiger partial charge on any atom is 0.258 e. The number of carbonyl (C=O) groups excluding carboxylic acids is 1. The number of hydrogen-bond donors (Lipinski definition) is 2. The van der Waals surface area contributed by atoms with Crippen LogP contribution in [0.4, 0.5) is 0 Å². The molecule has 1 aliphatic rings. The average Bonchev–Trinajstić information content (AvgIpc) is 3.28. The number of aliphatic hydroxyl groups is 1. The molecule has 1 unspecified atom stereocenters. The van der Waals surface area contributed by atoms with E-state index in [-0.39, 0.29) is 18.4 Å². The Morgan fingerprint density at radius 2 is 1.90 bits per heavy atom. The van der Waals surface area contributed by atoms with E-state index in [0.717, 1.165) is 12.8 Å². The molecule has 0 radical (unpaired) electrons. The molecule has 0 aromatic heterocycles. The van der Waals surface area contributed by atoms with Gasteiger partial charge in [-0.05, 0) is 37.8 Å². The van der Waals surface area contributed by atoms with Crippen LogP contribution in [0.1, 0.15) is 30.1 Å². The molecular formula is C15H21NO4. The van der Waals surface area contributed by atoms with E-state index in [0.29, 0.717) is 17.1 Å². The summed E-state index contributed by atoms with van der Waals surface area (Å²) in [7, 11) is 3.01. The molecule has 0 aliphatic heterocycles. The number of nitrogens with one attached hydrogen (secondary N) is 1. The summed E-state index contributed by atoms with van der Waals surface area (Å²) in [5.41, 5.74) is -0.505. The molecule has 5 heteroatoms. The Morgan fingerprint density at radius 3 is 2.35 bits per heavy atom. The van der Waals surface area contributed by atoms with Crippen LogP contribution in [0.5, 0.6) is 11.5 Å². The normalized spacial score (nSPS) is 17.2. The largest absolute Gasteiger partial charge is 0.496 e. The van der Waals surface area contributed by atoms with E-state index in [1.54, 1.807) is 25.1 Å². The lowest BCUT2D eigenvalue weighted by Gasteiger charge is -2.23. The lowest BCUT2D eigenvalue weighted by molar-refractivity contribution is 0.0353. The SMILES string of the molecule is COc1cccc(OC)c1C(=O)NCC(C)(O)C1CC1.